The minimum Gasteiger partial charge on any atom is -0.469 e. The number of nitrogens with one attached hydrogen (secondary N) is 2. The van der Waals surface area contributed by atoms with E-state index in [1.165, 1.54) is 25.7 Å². The van der Waals surface area contributed by atoms with Crippen LogP contribution in [0.5, 0.6) is 0 Å². The predicted molar refractivity (Wildman–Crippen MR) is 122 cm³/mol. The molecule has 0 spiro atoms. The third-order valence-electron chi connectivity index (χ3n) is 5.42. The summed E-state index contributed by atoms with van der Waals surface area (Å²) >= 11 is 0. The molecule has 8 nitrogen and oxygen atoms in total. The average Bonchev–Trinajstić information content (AvgIpc) is 3.43. The van der Waals surface area contributed by atoms with E-state index in [4.69, 9.17) is 14.1 Å². The lowest BCUT2D eigenvalue weighted by molar-refractivity contribution is 0.177. The Hall–Kier alpha value is -1.62. The van der Waals surface area contributed by atoms with E-state index < -0.39 is 0 Å². The average molecular weight is 514 g/mol. The van der Waals surface area contributed by atoms with Gasteiger partial charge in [-0.3, -0.25) is 4.99 Å². The van der Waals surface area contributed by atoms with Crippen LogP contribution in [0.25, 0.3) is 0 Å². The zero-order chi connectivity index (χ0) is 19.2. The molecule has 2 aromatic heterocycles. The Morgan fingerprint density at radius 2 is 2.10 bits per heavy atom. The molecule has 3 heterocycles. The Kier molecular flexibility index (Phi) is 8.34. The van der Waals surface area contributed by atoms with Crippen LogP contribution in [0.3, 0.4) is 0 Å². The first-order valence-corrected chi connectivity index (χ1v) is 10.3. The second-order valence-corrected chi connectivity index (χ2v) is 7.62. The monoisotopic (exact) mass is 514 g/mol. The molecule has 4 rings (SSSR count). The Labute approximate surface area is 188 Å². The van der Waals surface area contributed by atoms with Crippen molar-refractivity contribution in [2.75, 3.05) is 13.7 Å². The van der Waals surface area contributed by atoms with Crippen molar-refractivity contribution >= 4 is 29.9 Å². The number of aryl methyl sites for hydroxylation is 1. The predicted octanol–water partition coefficient (Wildman–Crippen LogP) is 2.67. The molecule has 2 aromatic rings. The molecule has 0 saturated heterocycles. The number of guanidine groups is 1. The summed E-state index contributed by atoms with van der Waals surface area (Å²) in [6, 6.07) is 4.73. The highest BCUT2D eigenvalue weighted by molar-refractivity contribution is 14.0. The fraction of sp³-hybridized carbons (Fsp3) is 0.650. The maximum absolute atomic E-state index is 5.42. The SMILES string of the molecule is COCc1nc2n(n1)CC(NC(=NCCc1ccco1)NC1CCCC1)CC2.I. The summed E-state index contributed by atoms with van der Waals surface area (Å²) in [4.78, 5) is 9.37. The molecule has 1 aliphatic carbocycles. The van der Waals surface area contributed by atoms with E-state index >= 15 is 0 Å². The summed E-state index contributed by atoms with van der Waals surface area (Å²) < 4.78 is 12.6. The van der Waals surface area contributed by atoms with Crippen molar-refractivity contribution in [3.05, 3.63) is 35.8 Å². The van der Waals surface area contributed by atoms with Crippen molar-refractivity contribution in [2.24, 2.45) is 4.99 Å². The third kappa shape index (κ3) is 6.18. The van der Waals surface area contributed by atoms with E-state index in [-0.39, 0.29) is 24.0 Å². The van der Waals surface area contributed by atoms with Crippen LogP contribution in [0, 0.1) is 0 Å². The van der Waals surface area contributed by atoms with Crippen molar-refractivity contribution in [3.8, 4) is 0 Å². The van der Waals surface area contributed by atoms with Crippen LogP contribution >= 0.6 is 24.0 Å². The number of fused-ring (bicyclic) bond motifs is 1. The van der Waals surface area contributed by atoms with Crippen LogP contribution in [0.15, 0.2) is 27.8 Å². The summed E-state index contributed by atoms with van der Waals surface area (Å²) in [5.41, 5.74) is 0. The summed E-state index contributed by atoms with van der Waals surface area (Å²) in [5.74, 6) is 3.68. The van der Waals surface area contributed by atoms with Crippen LogP contribution in [0.4, 0.5) is 0 Å². The lowest BCUT2D eigenvalue weighted by atomic mass is 10.1. The van der Waals surface area contributed by atoms with E-state index in [1.54, 1.807) is 13.4 Å². The van der Waals surface area contributed by atoms with E-state index in [0.717, 1.165) is 49.2 Å². The smallest absolute Gasteiger partial charge is 0.191 e. The van der Waals surface area contributed by atoms with Crippen molar-refractivity contribution in [3.63, 3.8) is 0 Å². The van der Waals surface area contributed by atoms with Crippen LogP contribution in [0.1, 0.15) is 49.5 Å². The molecule has 2 N–H and O–H groups in total. The number of hydrogen-bond donors (Lipinski definition) is 2. The molecule has 1 unspecified atom stereocenters. The number of aliphatic imine (C=N–C) groups is 1. The van der Waals surface area contributed by atoms with Gasteiger partial charge in [-0.25, -0.2) is 9.67 Å². The molecule has 2 aliphatic rings. The van der Waals surface area contributed by atoms with Crippen molar-refractivity contribution in [1.82, 2.24) is 25.4 Å². The lowest BCUT2D eigenvalue weighted by Gasteiger charge is -2.27. The fourth-order valence-corrected chi connectivity index (χ4v) is 3.99. The maximum Gasteiger partial charge on any atom is 0.191 e. The number of nitrogens with zero attached hydrogens (tertiary/aromatic N) is 4. The number of halogens is 1. The number of methoxy groups -OCH3 is 1. The Balaban J connectivity index is 0.00000240. The van der Waals surface area contributed by atoms with Gasteiger partial charge in [0, 0.05) is 38.6 Å². The number of furan rings is 1. The van der Waals surface area contributed by atoms with Gasteiger partial charge in [-0.1, -0.05) is 12.8 Å². The van der Waals surface area contributed by atoms with Gasteiger partial charge in [-0.05, 0) is 31.4 Å². The lowest BCUT2D eigenvalue weighted by Crippen LogP contribution is -2.49. The van der Waals surface area contributed by atoms with E-state index in [0.29, 0.717) is 25.2 Å². The molecular formula is C20H31IN6O2. The molecule has 1 atom stereocenters. The topological polar surface area (TPSA) is 89.5 Å². The number of hydrogen-bond acceptors (Lipinski definition) is 5. The number of aromatic nitrogens is 3. The maximum atomic E-state index is 5.42. The van der Waals surface area contributed by atoms with Crippen molar-refractivity contribution in [1.29, 1.82) is 0 Å². The zero-order valence-electron chi connectivity index (χ0n) is 17.0. The molecule has 0 amide bonds. The van der Waals surface area contributed by atoms with Crippen LogP contribution in [0.2, 0.25) is 0 Å². The van der Waals surface area contributed by atoms with Gasteiger partial charge < -0.3 is 19.8 Å². The second kappa shape index (κ2) is 11.0. The summed E-state index contributed by atoms with van der Waals surface area (Å²) in [6.45, 7) is 1.96. The van der Waals surface area contributed by atoms with Crippen molar-refractivity contribution < 1.29 is 9.15 Å². The van der Waals surface area contributed by atoms with Crippen LogP contribution in [-0.4, -0.2) is 46.5 Å². The van der Waals surface area contributed by atoms with E-state index in [1.807, 2.05) is 16.8 Å². The van der Waals surface area contributed by atoms with Crippen molar-refractivity contribution in [2.45, 2.75) is 70.2 Å². The minimum atomic E-state index is 0. The highest BCUT2D eigenvalue weighted by Crippen LogP contribution is 2.18. The number of ether oxygens (including phenoxy) is 1. The highest BCUT2D eigenvalue weighted by Gasteiger charge is 2.24. The van der Waals surface area contributed by atoms with Crippen LogP contribution < -0.4 is 10.6 Å². The molecule has 160 valence electrons. The molecule has 0 bridgehead atoms. The van der Waals surface area contributed by atoms with Gasteiger partial charge in [0.05, 0.1) is 12.8 Å². The molecule has 0 aromatic carbocycles. The van der Waals surface area contributed by atoms with Gasteiger partial charge in [0.25, 0.3) is 0 Å². The van der Waals surface area contributed by atoms with E-state index in [2.05, 4.69) is 20.7 Å². The van der Waals surface area contributed by atoms with Gasteiger partial charge in [-0.15, -0.1) is 24.0 Å². The Morgan fingerprint density at radius 3 is 2.86 bits per heavy atom. The first-order valence-electron chi connectivity index (χ1n) is 10.3. The normalized spacial score (nSPS) is 19.6. The molecule has 0 radical (unpaired) electrons. The second-order valence-electron chi connectivity index (χ2n) is 7.62. The third-order valence-corrected chi connectivity index (χ3v) is 5.42. The minimum absolute atomic E-state index is 0. The highest BCUT2D eigenvalue weighted by atomic mass is 127. The summed E-state index contributed by atoms with van der Waals surface area (Å²) in [5, 5.41) is 11.8. The van der Waals surface area contributed by atoms with Crippen LogP contribution in [-0.2, 0) is 30.7 Å². The Morgan fingerprint density at radius 1 is 1.28 bits per heavy atom. The number of rotatable bonds is 7. The van der Waals surface area contributed by atoms with Gasteiger partial charge in [0.1, 0.15) is 18.2 Å². The first kappa shape index (κ1) is 22.1. The largest absolute Gasteiger partial charge is 0.469 e. The summed E-state index contributed by atoms with van der Waals surface area (Å²) in [6.07, 6.45) is 9.49. The Bertz CT molecular complexity index is 770. The van der Waals surface area contributed by atoms with Gasteiger partial charge in [-0.2, -0.15) is 5.10 Å². The van der Waals surface area contributed by atoms with Gasteiger partial charge in [0.2, 0.25) is 0 Å². The molecule has 29 heavy (non-hydrogen) atoms. The summed E-state index contributed by atoms with van der Waals surface area (Å²) in [7, 11) is 1.67. The van der Waals surface area contributed by atoms with E-state index in [9.17, 15) is 0 Å². The molecule has 1 aliphatic heterocycles. The zero-order valence-corrected chi connectivity index (χ0v) is 19.3. The molecule has 1 saturated carbocycles. The fourth-order valence-electron chi connectivity index (χ4n) is 3.99. The van der Waals surface area contributed by atoms with Gasteiger partial charge >= 0.3 is 0 Å². The first-order chi connectivity index (χ1) is 13.8. The van der Waals surface area contributed by atoms with Gasteiger partial charge in [0.15, 0.2) is 11.8 Å². The molecular weight excluding hydrogens is 483 g/mol. The standard InChI is InChI=1S/C20H30N6O2.HI/c1-27-14-18-24-19-9-8-16(13-26(19)25-18)23-20(22-15-5-2-3-6-15)21-11-10-17-7-4-12-28-17;/h4,7,12,15-16H,2-3,5-6,8-11,13-14H2,1H3,(H2,21,22,23);1H. The molecule has 1 fully saturated rings. The molecule has 9 heteroatoms. The quantitative estimate of drug-likeness (QED) is 0.336.